The molecule has 2 fully saturated rings. The number of hydrogen-bond donors (Lipinski definition) is 1. The number of furan rings is 1. The van der Waals surface area contributed by atoms with E-state index in [0.717, 1.165) is 6.07 Å². The van der Waals surface area contributed by atoms with Crippen LogP contribution in [0.4, 0.5) is 24.5 Å². The predicted molar refractivity (Wildman–Crippen MR) is 92.7 cm³/mol. The number of anilines is 2. The lowest BCUT2D eigenvalue weighted by Gasteiger charge is -2.29. The van der Waals surface area contributed by atoms with E-state index in [9.17, 15) is 18.0 Å². The number of carbonyl (C=O) groups is 1. The molecule has 0 spiro atoms. The first kappa shape index (κ1) is 17.9. The van der Waals surface area contributed by atoms with Crippen molar-refractivity contribution >= 4 is 17.3 Å². The SMILES string of the molecule is O=C(Nc1ccc(N2CCOCC2)cc1C(F)(F)F)[C@H]1C[C@@H]1c1ccco1. The molecular weight excluding hydrogens is 361 g/mol. The van der Waals surface area contributed by atoms with Gasteiger partial charge in [0.2, 0.25) is 5.91 Å². The quantitative estimate of drug-likeness (QED) is 0.875. The molecule has 1 amide bonds. The molecule has 0 bridgehead atoms. The number of rotatable bonds is 4. The molecule has 8 heteroatoms. The number of carbonyl (C=O) groups excluding carboxylic acids is 1. The smallest absolute Gasteiger partial charge is 0.418 e. The first-order valence-corrected chi connectivity index (χ1v) is 8.81. The number of nitrogens with zero attached hydrogens (tertiary/aromatic N) is 1. The van der Waals surface area contributed by atoms with E-state index >= 15 is 0 Å². The van der Waals surface area contributed by atoms with Gasteiger partial charge in [-0.2, -0.15) is 13.2 Å². The summed E-state index contributed by atoms with van der Waals surface area (Å²) in [5.74, 6) is -0.159. The van der Waals surface area contributed by atoms with Gasteiger partial charge in [-0.1, -0.05) is 0 Å². The molecule has 2 atom stereocenters. The Bertz CT molecular complexity index is 814. The average molecular weight is 380 g/mol. The highest BCUT2D eigenvalue weighted by Crippen LogP contribution is 2.48. The molecule has 4 rings (SSSR count). The van der Waals surface area contributed by atoms with Crippen LogP contribution in [-0.2, 0) is 15.7 Å². The average Bonchev–Trinajstić information content (AvgIpc) is 3.27. The van der Waals surface area contributed by atoms with Gasteiger partial charge in [-0.05, 0) is 36.8 Å². The summed E-state index contributed by atoms with van der Waals surface area (Å²) in [5.41, 5.74) is -0.576. The highest BCUT2D eigenvalue weighted by Gasteiger charge is 2.46. The fourth-order valence-electron chi connectivity index (χ4n) is 3.42. The Morgan fingerprint density at radius 3 is 2.63 bits per heavy atom. The Labute approximate surface area is 154 Å². The molecule has 1 aliphatic heterocycles. The molecule has 27 heavy (non-hydrogen) atoms. The molecule has 0 radical (unpaired) electrons. The van der Waals surface area contributed by atoms with Crippen molar-refractivity contribution in [2.24, 2.45) is 5.92 Å². The van der Waals surface area contributed by atoms with E-state index in [1.54, 1.807) is 18.2 Å². The van der Waals surface area contributed by atoms with E-state index < -0.39 is 17.6 Å². The van der Waals surface area contributed by atoms with Crippen molar-refractivity contribution in [3.05, 3.63) is 47.9 Å². The molecule has 1 aromatic heterocycles. The van der Waals surface area contributed by atoms with Crippen LogP contribution in [0, 0.1) is 5.92 Å². The summed E-state index contributed by atoms with van der Waals surface area (Å²) in [5, 5.41) is 2.46. The number of alkyl halides is 3. The maximum absolute atomic E-state index is 13.6. The fourth-order valence-corrected chi connectivity index (χ4v) is 3.42. The maximum Gasteiger partial charge on any atom is 0.418 e. The van der Waals surface area contributed by atoms with E-state index in [2.05, 4.69) is 5.32 Å². The van der Waals surface area contributed by atoms with Crippen molar-refractivity contribution < 1.29 is 27.1 Å². The molecule has 2 heterocycles. The van der Waals surface area contributed by atoms with Crippen LogP contribution in [0.2, 0.25) is 0 Å². The Hall–Kier alpha value is -2.48. The normalized spacial score (nSPS) is 22.6. The first-order valence-electron chi connectivity index (χ1n) is 8.81. The fraction of sp³-hybridized carbons (Fsp3) is 0.421. The molecule has 1 aromatic carbocycles. The molecule has 1 aliphatic carbocycles. The Balaban J connectivity index is 1.52. The van der Waals surface area contributed by atoms with Gasteiger partial charge in [0.15, 0.2) is 0 Å². The van der Waals surface area contributed by atoms with Crippen LogP contribution < -0.4 is 10.2 Å². The Morgan fingerprint density at radius 2 is 1.96 bits per heavy atom. The lowest BCUT2D eigenvalue weighted by Crippen LogP contribution is -2.36. The minimum atomic E-state index is -4.56. The zero-order chi connectivity index (χ0) is 19.0. The summed E-state index contributed by atoms with van der Waals surface area (Å²) in [6, 6.07) is 7.53. The van der Waals surface area contributed by atoms with Gasteiger partial charge in [0, 0.05) is 30.6 Å². The molecule has 0 unspecified atom stereocenters. The molecular formula is C19H19F3N2O3. The molecule has 2 aromatic rings. The molecule has 2 aliphatic rings. The third kappa shape index (κ3) is 3.80. The zero-order valence-electron chi connectivity index (χ0n) is 14.5. The summed E-state index contributed by atoms with van der Waals surface area (Å²) < 4.78 is 51.2. The molecule has 1 saturated carbocycles. The van der Waals surface area contributed by atoms with E-state index in [1.807, 2.05) is 4.90 Å². The van der Waals surface area contributed by atoms with E-state index in [1.165, 1.54) is 12.3 Å². The second kappa shape index (κ2) is 6.92. The van der Waals surface area contributed by atoms with Crippen LogP contribution in [0.5, 0.6) is 0 Å². The van der Waals surface area contributed by atoms with Crippen molar-refractivity contribution in [3.8, 4) is 0 Å². The van der Waals surface area contributed by atoms with Crippen molar-refractivity contribution in [2.45, 2.75) is 18.5 Å². The number of ether oxygens (including phenoxy) is 1. The maximum atomic E-state index is 13.6. The van der Waals surface area contributed by atoms with Crippen LogP contribution in [0.1, 0.15) is 23.7 Å². The highest BCUT2D eigenvalue weighted by atomic mass is 19.4. The largest absolute Gasteiger partial charge is 0.469 e. The topological polar surface area (TPSA) is 54.7 Å². The van der Waals surface area contributed by atoms with E-state index in [4.69, 9.17) is 9.15 Å². The monoisotopic (exact) mass is 380 g/mol. The highest BCUT2D eigenvalue weighted by molar-refractivity contribution is 5.96. The van der Waals surface area contributed by atoms with Crippen molar-refractivity contribution in [1.29, 1.82) is 0 Å². The summed E-state index contributed by atoms with van der Waals surface area (Å²) in [6.45, 7) is 2.04. The van der Waals surface area contributed by atoms with Gasteiger partial charge in [-0.15, -0.1) is 0 Å². The van der Waals surface area contributed by atoms with Gasteiger partial charge in [0.05, 0.1) is 30.7 Å². The standard InChI is InChI=1S/C19H19F3N2O3/c20-19(21,22)15-10-12(24-5-8-26-9-6-24)3-4-16(15)23-18(25)14-11-13(14)17-2-1-7-27-17/h1-4,7,10,13-14H,5-6,8-9,11H2,(H,23,25)/t13-,14-/m0/s1. The Morgan fingerprint density at radius 1 is 1.19 bits per heavy atom. The minimum Gasteiger partial charge on any atom is -0.469 e. The van der Waals surface area contributed by atoms with Crippen LogP contribution >= 0.6 is 0 Å². The van der Waals surface area contributed by atoms with Gasteiger partial charge in [-0.3, -0.25) is 4.79 Å². The van der Waals surface area contributed by atoms with Gasteiger partial charge < -0.3 is 19.4 Å². The minimum absolute atomic E-state index is 0.0676. The number of morpholine rings is 1. The van der Waals surface area contributed by atoms with Crippen LogP contribution in [0.25, 0.3) is 0 Å². The van der Waals surface area contributed by atoms with Crippen LogP contribution in [0.15, 0.2) is 41.0 Å². The van der Waals surface area contributed by atoms with Gasteiger partial charge in [0.1, 0.15) is 5.76 Å². The Kier molecular flexibility index (Phi) is 4.59. The molecule has 144 valence electrons. The summed E-state index contributed by atoms with van der Waals surface area (Å²) in [7, 11) is 0. The summed E-state index contributed by atoms with van der Waals surface area (Å²) >= 11 is 0. The van der Waals surface area contributed by atoms with E-state index in [-0.39, 0.29) is 17.5 Å². The number of hydrogen-bond acceptors (Lipinski definition) is 4. The number of halogens is 3. The summed E-state index contributed by atoms with van der Waals surface area (Å²) in [4.78, 5) is 14.2. The van der Waals surface area contributed by atoms with Crippen molar-refractivity contribution in [2.75, 3.05) is 36.5 Å². The number of amides is 1. The van der Waals surface area contributed by atoms with Gasteiger partial charge in [0.25, 0.3) is 0 Å². The second-order valence-electron chi connectivity index (χ2n) is 6.78. The third-order valence-corrected chi connectivity index (χ3v) is 4.98. The number of nitrogens with one attached hydrogen (secondary N) is 1. The molecule has 5 nitrogen and oxygen atoms in total. The van der Waals surface area contributed by atoms with E-state index in [0.29, 0.717) is 44.2 Å². The van der Waals surface area contributed by atoms with Gasteiger partial charge >= 0.3 is 6.18 Å². The van der Waals surface area contributed by atoms with Crippen molar-refractivity contribution in [3.63, 3.8) is 0 Å². The summed E-state index contributed by atoms with van der Waals surface area (Å²) in [6.07, 6.45) is -2.46. The lowest BCUT2D eigenvalue weighted by molar-refractivity contribution is -0.137. The molecule has 1 N–H and O–H groups in total. The van der Waals surface area contributed by atoms with Crippen LogP contribution in [0.3, 0.4) is 0 Å². The molecule has 1 saturated heterocycles. The third-order valence-electron chi connectivity index (χ3n) is 4.98. The van der Waals surface area contributed by atoms with Crippen molar-refractivity contribution in [1.82, 2.24) is 0 Å². The first-order chi connectivity index (χ1) is 12.9. The second-order valence-corrected chi connectivity index (χ2v) is 6.78. The number of benzene rings is 1. The zero-order valence-corrected chi connectivity index (χ0v) is 14.5. The predicted octanol–water partition coefficient (Wildman–Crippen LogP) is 3.88. The lowest BCUT2D eigenvalue weighted by atomic mass is 10.1. The van der Waals surface area contributed by atoms with Crippen LogP contribution in [-0.4, -0.2) is 32.2 Å². The van der Waals surface area contributed by atoms with Gasteiger partial charge in [-0.25, -0.2) is 0 Å².